The van der Waals surface area contributed by atoms with Gasteiger partial charge in [-0.15, -0.1) is 0 Å². The predicted octanol–water partition coefficient (Wildman–Crippen LogP) is 1.47. The van der Waals surface area contributed by atoms with E-state index < -0.39 is 5.97 Å². The first-order valence-electron chi connectivity index (χ1n) is 4.88. The van der Waals surface area contributed by atoms with E-state index in [0.717, 1.165) is 5.69 Å². The summed E-state index contributed by atoms with van der Waals surface area (Å²) in [7, 11) is 1.63. The topological polar surface area (TPSA) is 62.1 Å². The molecule has 0 saturated heterocycles. The number of hydrogen-bond acceptors (Lipinski definition) is 4. The van der Waals surface area contributed by atoms with Crippen LogP contribution in [0.2, 0.25) is 0 Å². The summed E-state index contributed by atoms with van der Waals surface area (Å²) in [4.78, 5) is 12.9. The molecule has 0 heterocycles. The Morgan fingerprint density at radius 2 is 2.06 bits per heavy atom. The molecule has 86 valence electrons. The largest absolute Gasteiger partial charge is 0.460 e. The number of hydrogen-bond donors (Lipinski definition) is 1. The highest BCUT2D eigenvalue weighted by Gasteiger charge is 2.19. The van der Waals surface area contributed by atoms with E-state index in [0.29, 0.717) is 0 Å². The second-order valence-corrected chi connectivity index (χ2v) is 3.04. The highest BCUT2D eigenvalue weighted by Crippen LogP contribution is 2.12. The smallest absolute Gasteiger partial charge is 0.378 e. The lowest BCUT2D eigenvalue weighted by Crippen LogP contribution is -2.34. The number of rotatable bonds is 2. The van der Waals surface area contributed by atoms with Crippen LogP contribution < -0.4 is 4.90 Å². The normalized spacial score (nSPS) is 11.0. The fourth-order valence-electron chi connectivity index (χ4n) is 1.21. The fraction of sp³-hybridized carbons (Fsp3) is 0.273. The molecule has 5 heteroatoms. The molecule has 0 fully saturated rings. The van der Waals surface area contributed by atoms with Crippen LogP contribution in [0.5, 0.6) is 0 Å². The maximum atomic E-state index is 11.4. The maximum absolute atomic E-state index is 11.4. The van der Waals surface area contributed by atoms with Crippen LogP contribution in [0.25, 0.3) is 0 Å². The zero-order chi connectivity index (χ0) is 12.0. The minimum atomic E-state index is -0.656. The zero-order valence-electron chi connectivity index (χ0n) is 9.25. The van der Waals surface area contributed by atoms with Crippen molar-refractivity contribution in [1.82, 2.24) is 0 Å². The first kappa shape index (κ1) is 12.0. The molecular formula is C11H14N2O3. The van der Waals surface area contributed by atoms with E-state index in [1.807, 2.05) is 18.2 Å². The molecule has 0 aliphatic rings. The monoisotopic (exact) mass is 222 g/mol. The summed E-state index contributed by atoms with van der Waals surface area (Å²) < 4.78 is 4.77. The molecule has 0 amide bonds. The number of carbonyl (C=O) groups is 1. The lowest BCUT2D eigenvalue weighted by Gasteiger charge is -2.18. The summed E-state index contributed by atoms with van der Waals surface area (Å²) in [6.45, 7) is 1.93. The van der Waals surface area contributed by atoms with Crippen molar-refractivity contribution < 1.29 is 14.7 Å². The van der Waals surface area contributed by atoms with Gasteiger partial charge < -0.3 is 14.8 Å². The van der Waals surface area contributed by atoms with Crippen LogP contribution in [0.1, 0.15) is 6.92 Å². The molecule has 1 aromatic rings. The molecule has 0 atom stereocenters. The van der Waals surface area contributed by atoms with Crippen molar-refractivity contribution in [2.75, 3.05) is 18.6 Å². The highest BCUT2D eigenvalue weighted by molar-refractivity contribution is 6.40. The van der Waals surface area contributed by atoms with E-state index >= 15 is 0 Å². The number of ether oxygens (including phenoxy) is 1. The van der Waals surface area contributed by atoms with Crippen LogP contribution in [0, 0.1) is 0 Å². The van der Waals surface area contributed by atoms with Gasteiger partial charge in [-0.1, -0.05) is 23.4 Å². The van der Waals surface area contributed by atoms with Gasteiger partial charge in [0.25, 0.3) is 5.84 Å². The van der Waals surface area contributed by atoms with Crippen LogP contribution in [-0.2, 0) is 9.53 Å². The molecule has 5 nitrogen and oxygen atoms in total. The summed E-state index contributed by atoms with van der Waals surface area (Å²) in [5, 5.41) is 11.8. The van der Waals surface area contributed by atoms with Crippen molar-refractivity contribution in [3.05, 3.63) is 30.3 Å². The van der Waals surface area contributed by atoms with Gasteiger partial charge in [0.1, 0.15) is 0 Å². The van der Waals surface area contributed by atoms with Crippen molar-refractivity contribution >= 4 is 17.5 Å². The third kappa shape index (κ3) is 2.73. The van der Waals surface area contributed by atoms with Crippen LogP contribution in [0.4, 0.5) is 5.69 Å². The number of anilines is 1. The van der Waals surface area contributed by atoms with Crippen molar-refractivity contribution in [3.8, 4) is 0 Å². The molecule has 0 spiro atoms. The Morgan fingerprint density at radius 3 is 2.56 bits per heavy atom. The molecule has 0 aliphatic heterocycles. The Kier molecular flexibility index (Phi) is 4.32. The molecular weight excluding hydrogens is 208 g/mol. The highest BCUT2D eigenvalue weighted by atomic mass is 16.5. The Hall–Kier alpha value is -2.04. The molecule has 1 aromatic carbocycles. The number of para-hydroxylation sites is 1. The van der Waals surface area contributed by atoms with Crippen molar-refractivity contribution in [3.63, 3.8) is 0 Å². The summed E-state index contributed by atoms with van der Waals surface area (Å²) in [6, 6.07) is 9.10. The van der Waals surface area contributed by atoms with Crippen LogP contribution >= 0.6 is 0 Å². The number of benzene rings is 1. The van der Waals surface area contributed by atoms with Gasteiger partial charge in [0.15, 0.2) is 0 Å². The van der Waals surface area contributed by atoms with E-state index in [4.69, 9.17) is 9.94 Å². The average Bonchev–Trinajstić information content (AvgIpc) is 2.31. The third-order valence-electron chi connectivity index (χ3n) is 2.01. The van der Waals surface area contributed by atoms with Crippen molar-refractivity contribution in [1.29, 1.82) is 0 Å². The van der Waals surface area contributed by atoms with Gasteiger partial charge in [0, 0.05) is 12.7 Å². The first-order valence-corrected chi connectivity index (χ1v) is 4.88. The number of carbonyl (C=O) groups excluding carboxylic acids is 1. The Morgan fingerprint density at radius 1 is 1.44 bits per heavy atom. The minimum Gasteiger partial charge on any atom is -0.460 e. The number of amidine groups is 1. The maximum Gasteiger partial charge on any atom is 0.378 e. The molecule has 0 unspecified atom stereocenters. The SMILES string of the molecule is CCOC(=O)/C(=N\O)N(C)c1ccccc1. The number of esters is 1. The third-order valence-corrected chi connectivity index (χ3v) is 2.01. The Bertz CT molecular complexity index is 376. The summed E-state index contributed by atoms with van der Waals surface area (Å²) in [6.07, 6.45) is 0. The molecule has 0 aliphatic carbocycles. The van der Waals surface area contributed by atoms with E-state index in [1.165, 1.54) is 4.90 Å². The van der Waals surface area contributed by atoms with E-state index in [1.54, 1.807) is 26.1 Å². The zero-order valence-corrected chi connectivity index (χ0v) is 9.25. The summed E-state index contributed by atoms with van der Waals surface area (Å²) >= 11 is 0. The first-order chi connectivity index (χ1) is 7.70. The van der Waals surface area contributed by atoms with Crippen molar-refractivity contribution in [2.45, 2.75) is 6.92 Å². The second-order valence-electron chi connectivity index (χ2n) is 3.04. The van der Waals surface area contributed by atoms with Gasteiger partial charge >= 0.3 is 5.97 Å². The Balaban J connectivity index is 2.87. The van der Waals surface area contributed by atoms with Crippen molar-refractivity contribution in [2.24, 2.45) is 5.16 Å². The lowest BCUT2D eigenvalue weighted by molar-refractivity contribution is -0.135. The number of nitrogens with zero attached hydrogens (tertiary/aromatic N) is 2. The van der Waals surface area contributed by atoms with Gasteiger partial charge in [-0.25, -0.2) is 4.79 Å². The number of likely N-dealkylation sites (N-methyl/N-ethyl adjacent to an activating group) is 1. The minimum absolute atomic E-state index is 0.145. The van der Waals surface area contributed by atoms with Gasteiger partial charge in [0.2, 0.25) is 0 Å². The average molecular weight is 222 g/mol. The molecule has 1 rings (SSSR count). The number of oxime groups is 1. The quantitative estimate of drug-likeness (QED) is 0.270. The predicted molar refractivity (Wildman–Crippen MR) is 60.7 cm³/mol. The van der Waals surface area contributed by atoms with Gasteiger partial charge in [-0.05, 0) is 19.1 Å². The summed E-state index contributed by atoms with van der Waals surface area (Å²) in [5.74, 6) is -0.801. The molecule has 0 radical (unpaired) electrons. The van der Waals surface area contributed by atoms with Crippen LogP contribution in [-0.4, -0.2) is 30.7 Å². The van der Waals surface area contributed by atoms with Gasteiger partial charge in [-0.3, -0.25) is 0 Å². The Labute approximate surface area is 93.9 Å². The van der Waals surface area contributed by atoms with Gasteiger partial charge in [-0.2, -0.15) is 0 Å². The molecule has 0 aromatic heterocycles. The summed E-state index contributed by atoms with van der Waals surface area (Å²) in [5.41, 5.74) is 0.739. The van der Waals surface area contributed by atoms with Crippen LogP contribution in [0.3, 0.4) is 0 Å². The molecule has 1 N–H and O–H groups in total. The molecule has 16 heavy (non-hydrogen) atoms. The molecule has 0 bridgehead atoms. The molecule has 0 saturated carbocycles. The van der Waals surface area contributed by atoms with Gasteiger partial charge in [0.05, 0.1) is 6.61 Å². The standard InChI is InChI=1S/C11H14N2O3/c1-3-16-11(14)10(12-15)13(2)9-7-5-4-6-8-9/h4-8,15H,3H2,1-2H3/b12-10+. The second kappa shape index (κ2) is 5.75. The lowest BCUT2D eigenvalue weighted by atomic mass is 10.3. The van der Waals surface area contributed by atoms with E-state index in [2.05, 4.69) is 5.16 Å². The van der Waals surface area contributed by atoms with E-state index in [-0.39, 0.29) is 12.4 Å². The fourth-order valence-corrected chi connectivity index (χ4v) is 1.21. The van der Waals surface area contributed by atoms with E-state index in [9.17, 15) is 4.79 Å². The van der Waals surface area contributed by atoms with Crippen LogP contribution in [0.15, 0.2) is 35.5 Å².